The van der Waals surface area contributed by atoms with Crippen molar-refractivity contribution >= 4 is 5.91 Å². The van der Waals surface area contributed by atoms with Gasteiger partial charge in [0.25, 0.3) is 0 Å². The van der Waals surface area contributed by atoms with Gasteiger partial charge in [-0.25, -0.2) is 0 Å². The van der Waals surface area contributed by atoms with E-state index in [1.54, 1.807) is 0 Å². The molecule has 1 atom stereocenters. The van der Waals surface area contributed by atoms with Gasteiger partial charge in [-0.3, -0.25) is 4.79 Å². The number of hydrogen-bond donors (Lipinski definition) is 1. The van der Waals surface area contributed by atoms with Gasteiger partial charge in [0.15, 0.2) is 11.5 Å². The molecule has 0 saturated carbocycles. The first kappa shape index (κ1) is 19.0. The van der Waals surface area contributed by atoms with Gasteiger partial charge in [0.1, 0.15) is 12.7 Å². The maximum absolute atomic E-state index is 12.2. The summed E-state index contributed by atoms with van der Waals surface area (Å²) < 4.78 is 16.8. The van der Waals surface area contributed by atoms with Gasteiger partial charge in [0.05, 0.1) is 6.54 Å². The summed E-state index contributed by atoms with van der Waals surface area (Å²) in [5.74, 6) is 2.31. The van der Waals surface area contributed by atoms with Crippen molar-refractivity contribution in [2.45, 2.75) is 32.3 Å². The molecule has 1 amide bonds. The monoisotopic (exact) mass is 393 g/mol. The van der Waals surface area contributed by atoms with Crippen LogP contribution in [0.1, 0.15) is 24.8 Å². The summed E-state index contributed by atoms with van der Waals surface area (Å²) in [6, 6.07) is 15.6. The second kappa shape index (κ2) is 8.77. The average molecular weight is 393 g/mol. The van der Waals surface area contributed by atoms with Crippen molar-refractivity contribution in [2.24, 2.45) is 0 Å². The molecule has 0 spiro atoms. The third-order valence-corrected chi connectivity index (χ3v) is 4.75. The van der Waals surface area contributed by atoms with Gasteiger partial charge >= 0.3 is 0 Å². The Bertz CT molecular complexity index is 968. The fraction of sp³-hybridized carbons (Fsp3) is 0.318. The summed E-state index contributed by atoms with van der Waals surface area (Å²) >= 11 is 0. The highest BCUT2D eigenvalue weighted by Crippen LogP contribution is 2.30. The highest BCUT2D eigenvalue weighted by atomic mass is 16.6. The highest BCUT2D eigenvalue weighted by molar-refractivity contribution is 5.76. The second-order valence-electron chi connectivity index (χ2n) is 6.86. The van der Waals surface area contributed by atoms with Crippen molar-refractivity contribution in [3.8, 4) is 22.9 Å². The lowest BCUT2D eigenvalue weighted by atomic mass is 10.1. The maximum atomic E-state index is 12.2. The Labute approximate surface area is 169 Å². The quantitative estimate of drug-likeness (QED) is 0.663. The minimum absolute atomic E-state index is 0.0977. The molecule has 4 rings (SSSR count). The Hall–Kier alpha value is -3.35. The van der Waals surface area contributed by atoms with Gasteiger partial charge in [-0.15, -0.1) is 0 Å². The second-order valence-corrected chi connectivity index (χ2v) is 6.86. The molecule has 3 aromatic rings. The Balaban J connectivity index is 1.23. The van der Waals surface area contributed by atoms with Crippen LogP contribution in [-0.4, -0.2) is 35.3 Å². The van der Waals surface area contributed by atoms with E-state index in [1.165, 1.54) is 5.56 Å². The molecule has 1 unspecified atom stereocenters. The van der Waals surface area contributed by atoms with Crippen molar-refractivity contribution in [1.29, 1.82) is 0 Å². The van der Waals surface area contributed by atoms with Crippen LogP contribution in [0.5, 0.6) is 11.5 Å². The highest BCUT2D eigenvalue weighted by Gasteiger charge is 2.21. The molecule has 0 aliphatic carbocycles. The largest absolute Gasteiger partial charge is 0.486 e. The molecule has 0 radical (unpaired) electrons. The molecule has 150 valence electrons. The number of nitrogens with zero attached hydrogens (tertiary/aromatic N) is 2. The number of benzene rings is 2. The summed E-state index contributed by atoms with van der Waals surface area (Å²) in [6.07, 6.45) is 1.42. The lowest BCUT2D eigenvalue weighted by molar-refractivity contribution is -0.121. The van der Waals surface area contributed by atoms with Gasteiger partial charge in [0.2, 0.25) is 17.6 Å². The number of carbonyl (C=O) groups is 1. The van der Waals surface area contributed by atoms with Crippen LogP contribution < -0.4 is 14.8 Å². The third kappa shape index (κ3) is 4.74. The van der Waals surface area contributed by atoms with Crippen molar-refractivity contribution in [1.82, 2.24) is 15.5 Å². The molecule has 1 aliphatic heterocycles. The first-order valence-electron chi connectivity index (χ1n) is 9.78. The fourth-order valence-electron chi connectivity index (χ4n) is 3.06. The molecular formula is C22H23N3O4. The number of aromatic nitrogens is 2. The number of fused-ring (bicyclic) bond motifs is 1. The molecule has 1 aliphatic rings. The molecule has 1 aromatic heterocycles. The van der Waals surface area contributed by atoms with E-state index in [0.29, 0.717) is 37.0 Å². The van der Waals surface area contributed by atoms with Gasteiger partial charge < -0.3 is 19.3 Å². The Morgan fingerprint density at radius 3 is 2.72 bits per heavy atom. The average Bonchev–Trinajstić information content (AvgIpc) is 3.25. The van der Waals surface area contributed by atoms with Crippen LogP contribution in [0, 0.1) is 0 Å². The molecule has 0 bridgehead atoms. The maximum Gasteiger partial charge on any atom is 0.227 e. The number of aryl methyl sites for hydroxylation is 2. The van der Waals surface area contributed by atoms with Crippen molar-refractivity contribution in [3.05, 3.63) is 60.0 Å². The van der Waals surface area contributed by atoms with Gasteiger partial charge in [-0.1, -0.05) is 48.5 Å². The molecule has 0 fully saturated rings. The molecule has 2 aromatic carbocycles. The van der Waals surface area contributed by atoms with Crippen LogP contribution in [0.25, 0.3) is 11.4 Å². The lowest BCUT2D eigenvalue weighted by Gasteiger charge is -2.26. The van der Waals surface area contributed by atoms with Crippen LogP contribution in [0.4, 0.5) is 0 Å². The third-order valence-electron chi connectivity index (χ3n) is 4.75. The van der Waals surface area contributed by atoms with E-state index < -0.39 is 0 Å². The SMILES string of the molecule is CCc1ccc(-c2noc(CCC(=O)NCC3COc4ccccc4O3)n2)cc1. The van der Waals surface area contributed by atoms with Gasteiger partial charge in [-0.05, 0) is 24.1 Å². The predicted molar refractivity (Wildman–Crippen MR) is 107 cm³/mol. The normalized spacial score (nSPS) is 15.1. The lowest BCUT2D eigenvalue weighted by Crippen LogP contribution is -2.40. The number of rotatable bonds is 7. The molecule has 2 heterocycles. The van der Waals surface area contributed by atoms with Crippen molar-refractivity contribution in [2.75, 3.05) is 13.2 Å². The minimum atomic E-state index is -0.213. The zero-order valence-corrected chi connectivity index (χ0v) is 16.3. The van der Waals surface area contributed by atoms with E-state index in [4.69, 9.17) is 14.0 Å². The minimum Gasteiger partial charge on any atom is -0.486 e. The number of nitrogens with one attached hydrogen (secondary N) is 1. The Morgan fingerprint density at radius 2 is 1.93 bits per heavy atom. The summed E-state index contributed by atoms with van der Waals surface area (Å²) in [6.45, 7) is 2.89. The summed E-state index contributed by atoms with van der Waals surface area (Å²) in [7, 11) is 0. The van der Waals surface area contributed by atoms with Crippen LogP contribution in [-0.2, 0) is 17.6 Å². The molecule has 0 saturated heterocycles. The summed E-state index contributed by atoms with van der Waals surface area (Å²) in [5.41, 5.74) is 2.15. The first-order valence-corrected chi connectivity index (χ1v) is 9.78. The van der Waals surface area contributed by atoms with E-state index >= 15 is 0 Å². The topological polar surface area (TPSA) is 86.5 Å². The fourth-order valence-corrected chi connectivity index (χ4v) is 3.06. The van der Waals surface area contributed by atoms with Crippen molar-refractivity contribution < 1.29 is 18.8 Å². The zero-order chi connectivity index (χ0) is 20.1. The number of amides is 1. The van der Waals surface area contributed by atoms with Gasteiger partial charge in [0, 0.05) is 18.4 Å². The molecule has 29 heavy (non-hydrogen) atoms. The van der Waals surface area contributed by atoms with Crippen LogP contribution in [0.15, 0.2) is 53.1 Å². The Morgan fingerprint density at radius 1 is 1.14 bits per heavy atom. The first-order chi connectivity index (χ1) is 14.2. The van der Waals surface area contributed by atoms with E-state index in [0.717, 1.165) is 17.7 Å². The van der Waals surface area contributed by atoms with E-state index in [2.05, 4.69) is 22.4 Å². The summed E-state index contributed by atoms with van der Waals surface area (Å²) in [5, 5.41) is 6.88. The number of carbonyl (C=O) groups excluding carboxylic acids is 1. The molecule has 1 N–H and O–H groups in total. The van der Waals surface area contributed by atoms with Crippen LogP contribution in [0.3, 0.4) is 0 Å². The van der Waals surface area contributed by atoms with Crippen LogP contribution >= 0.6 is 0 Å². The summed E-state index contributed by atoms with van der Waals surface area (Å²) in [4.78, 5) is 16.5. The Kier molecular flexibility index (Phi) is 5.74. The van der Waals surface area contributed by atoms with Crippen molar-refractivity contribution in [3.63, 3.8) is 0 Å². The number of ether oxygens (including phenoxy) is 2. The van der Waals surface area contributed by atoms with E-state index in [1.807, 2.05) is 48.5 Å². The number of para-hydroxylation sites is 2. The van der Waals surface area contributed by atoms with E-state index in [9.17, 15) is 4.79 Å². The zero-order valence-electron chi connectivity index (χ0n) is 16.3. The molecular weight excluding hydrogens is 370 g/mol. The standard InChI is InChI=1S/C22H23N3O4/c1-2-15-7-9-16(10-8-15)22-24-21(29-25-22)12-11-20(26)23-13-17-14-27-18-5-3-4-6-19(18)28-17/h3-10,17H,2,11-14H2,1H3,(H,23,26). The van der Waals surface area contributed by atoms with E-state index in [-0.39, 0.29) is 18.4 Å². The van der Waals surface area contributed by atoms with Gasteiger partial charge in [-0.2, -0.15) is 4.98 Å². The smallest absolute Gasteiger partial charge is 0.227 e. The number of hydrogen-bond acceptors (Lipinski definition) is 6. The van der Waals surface area contributed by atoms with Crippen LogP contribution in [0.2, 0.25) is 0 Å². The molecule has 7 heteroatoms. The predicted octanol–water partition coefficient (Wildman–Crippen LogP) is 3.19. The molecule has 7 nitrogen and oxygen atoms in total.